The molecule has 1 atom stereocenters. The topological polar surface area (TPSA) is 26.0 Å². The average Bonchev–Trinajstić information content (AvgIpc) is 2.45. The van der Waals surface area contributed by atoms with Crippen molar-refractivity contribution in [2.24, 2.45) is 23.5 Å². The lowest BCUT2D eigenvalue weighted by Gasteiger charge is -2.57. The van der Waals surface area contributed by atoms with Gasteiger partial charge in [-0.2, -0.15) is 0 Å². The highest BCUT2D eigenvalue weighted by Gasteiger charge is 2.51. The monoisotopic (exact) mass is 269 g/mol. The van der Waals surface area contributed by atoms with Crippen molar-refractivity contribution in [2.45, 2.75) is 56.8 Å². The Morgan fingerprint density at radius 2 is 1.70 bits per heavy atom. The fourth-order valence-corrected chi connectivity index (χ4v) is 5.78. The Hall–Kier alpha value is -0.820. The highest BCUT2D eigenvalue weighted by Crippen LogP contribution is 2.60. The van der Waals surface area contributed by atoms with Gasteiger partial charge in [-0.1, -0.05) is 31.2 Å². The molecule has 4 aliphatic carbocycles. The first-order chi connectivity index (χ1) is 9.68. The lowest BCUT2D eigenvalue weighted by molar-refractivity contribution is -0.00522. The SMILES string of the molecule is CC(CN)c1cccc(C23CC4CC(CC(C4)C2)C3)c1. The fourth-order valence-electron chi connectivity index (χ4n) is 5.78. The van der Waals surface area contributed by atoms with E-state index < -0.39 is 0 Å². The average molecular weight is 269 g/mol. The standard InChI is InChI=1S/C19H27N/c1-13(12-20)17-3-2-4-18(8-17)19-9-14-5-15(10-19)7-16(6-14)11-19/h2-4,8,13-16H,5-7,9-12,20H2,1H3. The van der Waals surface area contributed by atoms with Gasteiger partial charge in [-0.25, -0.2) is 0 Å². The van der Waals surface area contributed by atoms with Crippen LogP contribution in [-0.2, 0) is 5.41 Å². The molecule has 0 aromatic heterocycles. The van der Waals surface area contributed by atoms with Crippen LogP contribution in [-0.4, -0.2) is 6.54 Å². The van der Waals surface area contributed by atoms with Crippen molar-refractivity contribution >= 4 is 0 Å². The van der Waals surface area contributed by atoms with E-state index in [2.05, 4.69) is 31.2 Å². The first kappa shape index (κ1) is 12.9. The maximum atomic E-state index is 5.86. The molecule has 1 heteroatoms. The normalized spacial score (nSPS) is 40.0. The molecule has 1 unspecified atom stereocenters. The van der Waals surface area contributed by atoms with Crippen molar-refractivity contribution in [3.05, 3.63) is 35.4 Å². The molecular weight excluding hydrogens is 242 g/mol. The second-order valence-electron chi connectivity index (χ2n) is 7.96. The molecule has 1 nitrogen and oxygen atoms in total. The van der Waals surface area contributed by atoms with E-state index in [4.69, 9.17) is 5.73 Å². The second kappa shape index (κ2) is 4.59. The van der Waals surface area contributed by atoms with Crippen LogP contribution in [0, 0.1) is 17.8 Å². The zero-order valence-corrected chi connectivity index (χ0v) is 12.6. The number of benzene rings is 1. The molecule has 4 fully saturated rings. The molecule has 108 valence electrons. The summed E-state index contributed by atoms with van der Waals surface area (Å²) in [6.45, 7) is 3.00. The van der Waals surface area contributed by atoms with Crippen molar-refractivity contribution in [3.63, 3.8) is 0 Å². The van der Waals surface area contributed by atoms with Crippen LogP contribution in [0.15, 0.2) is 24.3 Å². The van der Waals surface area contributed by atoms with Gasteiger partial charge in [0, 0.05) is 0 Å². The maximum absolute atomic E-state index is 5.86. The molecule has 0 amide bonds. The van der Waals surface area contributed by atoms with Crippen LogP contribution in [0.3, 0.4) is 0 Å². The van der Waals surface area contributed by atoms with Gasteiger partial charge < -0.3 is 5.73 Å². The van der Waals surface area contributed by atoms with Crippen LogP contribution in [0.4, 0.5) is 0 Å². The molecule has 4 bridgehead atoms. The first-order valence-electron chi connectivity index (χ1n) is 8.49. The fraction of sp³-hybridized carbons (Fsp3) is 0.684. The number of nitrogens with two attached hydrogens (primary N) is 1. The van der Waals surface area contributed by atoms with Gasteiger partial charge in [-0.15, -0.1) is 0 Å². The summed E-state index contributed by atoms with van der Waals surface area (Å²) in [6, 6.07) is 9.43. The summed E-state index contributed by atoms with van der Waals surface area (Å²) >= 11 is 0. The summed E-state index contributed by atoms with van der Waals surface area (Å²) in [5.41, 5.74) is 9.47. The first-order valence-corrected chi connectivity index (χ1v) is 8.49. The minimum atomic E-state index is 0.490. The molecule has 0 heterocycles. The third-order valence-electron chi connectivity index (χ3n) is 6.46. The van der Waals surface area contributed by atoms with Crippen molar-refractivity contribution < 1.29 is 0 Å². The molecule has 5 rings (SSSR count). The molecule has 0 aliphatic heterocycles. The molecule has 0 spiro atoms. The van der Waals surface area contributed by atoms with Crippen molar-refractivity contribution in [2.75, 3.05) is 6.54 Å². The van der Waals surface area contributed by atoms with Gasteiger partial charge in [0.2, 0.25) is 0 Å². The second-order valence-corrected chi connectivity index (χ2v) is 7.96. The van der Waals surface area contributed by atoms with Crippen LogP contribution < -0.4 is 5.73 Å². The summed E-state index contributed by atoms with van der Waals surface area (Å²) in [4.78, 5) is 0. The Labute approximate surface area is 122 Å². The van der Waals surface area contributed by atoms with Crippen LogP contribution >= 0.6 is 0 Å². The summed E-state index contributed by atoms with van der Waals surface area (Å²) in [5, 5.41) is 0. The van der Waals surface area contributed by atoms with Crippen molar-refractivity contribution in [1.82, 2.24) is 0 Å². The molecule has 1 aromatic rings. The molecular formula is C19H27N. The number of rotatable bonds is 3. The van der Waals surface area contributed by atoms with E-state index in [0.29, 0.717) is 11.3 Å². The van der Waals surface area contributed by atoms with E-state index in [1.807, 2.05) is 0 Å². The van der Waals surface area contributed by atoms with Crippen molar-refractivity contribution in [1.29, 1.82) is 0 Å². The van der Waals surface area contributed by atoms with E-state index in [1.165, 1.54) is 44.1 Å². The molecule has 4 aliphatic rings. The highest BCUT2D eigenvalue weighted by atomic mass is 14.6. The van der Waals surface area contributed by atoms with Gasteiger partial charge in [0.15, 0.2) is 0 Å². The van der Waals surface area contributed by atoms with Crippen LogP contribution in [0.2, 0.25) is 0 Å². The quantitative estimate of drug-likeness (QED) is 0.873. The van der Waals surface area contributed by atoms with E-state index in [1.54, 1.807) is 5.56 Å². The largest absolute Gasteiger partial charge is 0.330 e. The summed E-state index contributed by atoms with van der Waals surface area (Å²) in [7, 11) is 0. The molecule has 1 aromatic carbocycles. The van der Waals surface area contributed by atoms with E-state index >= 15 is 0 Å². The zero-order valence-electron chi connectivity index (χ0n) is 12.6. The minimum absolute atomic E-state index is 0.490. The molecule has 4 saturated carbocycles. The lowest BCUT2D eigenvalue weighted by atomic mass is 9.48. The van der Waals surface area contributed by atoms with Gasteiger partial charge in [0.25, 0.3) is 0 Å². The summed E-state index contributed by atoms with van der Waals surface area (Å²) in [6.07, 6.45) is 8.95. The Bertz CT molecular complexity index is 469. The number of hydrogen-bond acceptors (Lipinski definition) is 1. The Balaban J connectivity index is 1.70. The van der Waals surface area contributed by atoms with Gasteiger partial charge in [0.1, 0.15) is 0 Å². The summed E-state index contributed by atoms with van der Waals surface area (Å²) in [5.74, 6) is 3.56. The smallest absolute Gasteiger partial charge is 0.00109 e. The molecule has 2 N–H and O–H groups in total. The van der Waals surface area contributed by atoms with Crippen molar-refractivity contribution in [3.8, 4) is 0 Å². The van der Waals surface area contributed by atoms with Crippen LogP contribution in [0.1, 0.15) is 62.5 Å². The van der Waals surface area contributed by atoms with Gasteiger partial charge in [0.05, 0.1) is 0 Å². The van der Waals surface area contributed by atoms with E-state index in [0.717, 1.165) is 24.3 Å². The minimum Gasteiger partial charge on any atom is -0.330 e. The number of hydrogen-bond donors (Lipinski definition) is 1. The molecule has 0 radical (unpaired) electrons. The predicted molar refractivity (Wildman–Crippen MR) is 83.8 cm³/mol. The predicted octanol–water partition coefficient (Wildman–Crippen LogP) is 4.22. The third-order valence-corrected chi connectivity index (χ3v) is 6.46. The lowest BCUT2D eigenvalue weighted by Crippen LogP contribution is -2.48. The molecule has 20 heavy (non-hydrogen) atoms. The van der Waals surface area contributed by atoms with E-state index in [-0.39, 0.29) is 0 Å². The van der Waals surface area contributed by atoms with Gasteiger partial charge in [-0.05, 0) is 85.3 Å². The Morgan fingerprint density at radius 3 is 2.25 bits per heavy atom. The Kier molecular flexibility index (Phi) is 2.96. The zero-order chi connectivity index (χ0) is 13.7. The molecule has 0 saturated heterocycles. The highest BCUT2D eigenvalue weighted by molar-refractivity contribution is 5.34. The van der Waals surface area contributed by atoms with Crippen LogP contribution in [0.5, 0.6) is 0 Å². The summed E-state index contributed by atoms with van der Waals surface area (Å²) < 4.78 is 0. The maximum Gasteiger partial charge on any atom is -0.00109 e. The van der Waals surface area contributed by atoms with Crippen LogP contribution in [0.25, 0.3) is 0 Å². The van der Waals surface area contributed by atoms with Gasteiger partial charge >= 0.3 is 0 Å². The third kappa shape index (κ3) is 1.94. The Morgan fingerprint density at radius 1 is 1.10 bits per heavy atom. The van der Waals surface area contributed by atoms with Gasteiger partial charge in [-0.3, -0.25) is 0 Å². The van der Waals surface area contributed by atoms with E-state index in [9.17, 15) is 0 Å².